The SMILES string of the molecule is Cc1cc(Cc2cccc(C#N)c2)nc2ccnn12. The maximum absolute atomic E-state index is 8.91. The topological polar surface area (TPSA) is 54.0 Å². The van der Waals surface area contributed by atoms with Crippen LogP contribution in [0.4, 0.5) is 0 Å². The van der Waals surface area contributed by atoms with E-state index in [0.29, 0.717) is 5.56 Å². The maximum Gasteiger partial charge on any atom is 0.155 e. The van der Waals surface area contributed by atoms with E-state index in [1.165, 1.54) is 0 Å². The predicted molar refractivity (Wildman–Crippen MR) is 71.7 cm³/mol. The summed E-state index contributed by atoms with van der Waals surface area (Å²) in [4.78, 5) is 4.56. The van der Waals surface area contributed by atoms with Gasteiger partial charge in [0.15, 0.2) is 5.65 Å². The molecule has 0 amide bonds. The third-order valence-corrected chi connectivity index (χ3v) is 3.03. The summed E-state index contributed by atoms with van der Waals surface area (Å²) in [6.45, 7) is 2.01. The monoisotopic (exact) mass is 248 g/mol. The number of hydrogen-bond donors (Lipinski definition) is 0. The Balaban J connectivity index is 1.98. The Bertz CT molecular complexity index is 780. The predicted octanol–water partition coefficient (Wildman–Crippen LogP) is 2.50. The van der Waals surface area contributed by atoms with E-state index >= 15 is 0 Å². The first-order valence-corrected chi connectivity index (χ1v) is 6.05. The van der Waals surface area contributed by atoms with Crippen molar-refractivity contribution in [1.82, 2.24) is 14.6 Å². The van der Waals surface area contributed by atoms with Crippen molar-refractivity contribution >= 4 is 5.65 Å². The summed E-state index contributed by atoms with van der Waals surface area (Å²) >= 11 is 0. The average molecular weight is 248 g/mol. The second-order valence-electron chi connectivity index (χ2n) is 4.48. The van der Waals surface area contributed by atoms with Crippen LogP contribution >= 0.6 is 0 Å². The van der Waals surface area contributed by atoms with E-state index in [2.05, 4.69) is 16.2 Å². The van der Waals surface area contributed by atoms with Gasteiger partial charge in [0, 0.05) is 23.9 Å². The van der Waals surface area contributed by atoms with Gasteiger partial charge in [0.05, 0.1) is 17.8 Å². The highest BCUT2D eigenvalue weighted by Gasteiger charge is 2.04. The van der Waals surface area contributed by atoms with E-state index in [4.69, 9.17) is 5.26 Å². The molecule has 1 aromatic carbocycles. The minimum Gasteiger partial charge on any atom is -0.233 e. The van der Waals surface area contributed by atoms with Gasteiger partial charge in [-0.2, -0.15) is 10.4 Å². The van der Waals surface area contributed by atoms with Crippen molar-refractivity contribution in [3.05, 3.63) is 65.1 Å². The Morgan fingerprint density at radius 3 is 3.00 bits per heavy atom. The summed E-state index contributed by atoms with van der Waals surface area (Å²) in [7, 11) is 0. The quantitative estimate of drug-likeness (QED) is 0.700. The second kappa shape index (κ2) is 4.54. The molecule has 0 saturated carbocycles. The first-order chi connectivity index (χ1) is 9.26. The smallest absolute Gasteiger partial charge is 0.155 e. The number of aryl methyl sites for hydroxylation is 1. The zero-order valence-electron chi connectivity index (χ0n) is 10.5. The minimum atomic E-state index is 0.680. The lowest BCUT2D eigenvalue weighted by Gasteiger charge is -2.05. The molecule has 0 unspecified atom stereocenters. The van der Waals surface area contributed by atoms with Crippen LogP contribution in [0.5, 0.6) is 0 Å². The summed E-state index contributed by atoms with van der Waals surface area (Å²) in [5.74, 6) is 0. The maximum atomic E-state index is 8.91. The third kappa shape index (κ3) is 2.18. The Kier molecular flexibility index (Phi) is 2.73. The second-order valence-corrected chi connectivity index (χ2v) is 4.48. The molecule has 2 aromatic heterocycles. The van der Waals surface area contributed by atoms with E-state index in [1.54, 1.807) is 6.20 Å². The first-order valence-electron chi connectivity index (χ1n) is 6.05. The van der Waals surface area contributed by atoms with Gasteiger partial charge in [-0.1, -0.05) is 12.1 Å². The van der Waals surface area contributed by atoms with Crippen molar-refractivity contribution in [1.29, 1.82) is 5.26 Å². The molecule has 19 heavy (non-hydrogen) atoms. The van der Waals surface area contributed by atoms with Crippen LogP contribution < -0.4 is 0 Å². The molecule has 4 nitrogen and oxygen atoms in total. The highest BCUT2D eigenvalue weighted by molar-refractivity contribution is 5.40. The number of hydrogen-bond acceptors (Lipinski definition) is 3. The molecule has 0 fully saturated rings. The molecular formula is C15H12N4. The molecule has 0 aliphatic heterocycles. The molecule has 0 radical (unpaired) electrons. The molecule has 0 aliphatic carbocycles. The largest absolute Gasteiger partial charge is 0.233 e. The van der Waals surface area contributed by atoms with E-state index in [-0.39, 0.29) is 0 Å². The summed E-state index contributed by atoms with van der Waals surface area (Å²) < 4.78 is 1.81. The van der Waals surface area contributed by atoms with E-state index < -0.39 is 0 Å². The van der Waals surface area contributed by atoms with Crippen molar-refractivity contribution in [3.63, 3.8) is 0 Å². The minimum absolute atomic E-state index is 0.680. The molecule has 0 aliphatic rings. The molecule has 0 spiro atoms. The van der Waals surface area contributed by atoms with E-state index in [9.17, 15) is 0 Å². The fourth-order valence-electron chi connectivity index (χ4n) is 2.19. The Hall–Kier alpha value is -2.67. The molecule has 4 heteroatoms. The number of nitrogens with zero attached hydrogens (tertiary/aromatic N) is 4. The number of rotatable bonds is 2. The summed E-state index contributed by atoms with van der Waals surface area (Å²) in [6, 6.07) is 13.7. The molecule has 2 heterocycles. The Morgan fingerprint density at radius 2 is 2.16 bits per heavy atom. The van der Waals surface area contributed by atoms with Crippen LogP contribution in [-0.2, 0) is 6.42 Å². The highest BCUT2D eigenvalue weighted by atomic mass is 15.2. The Labute approximate surface area is 111 Å². The fraction of sp³-hybridized carbons (Fsp3) is 0.133. The molecule has 3 aromatic rings. The molecule has 0 bridgehead atoms. The van der Waals surface area contributed by atoms with Gasteiger partial charge >= 0.3 is 0 Å². The average Bonchev–Trinajstić information content (AvgIpc) is 2.88. The number of aromatic nitrogens is 3. The fourth-order valence-corrected chi connectivity index (χ4v) is 2.19. The summed E-state index contributed by atoms with van der Waals surface area (Å²) in [5.41, 5.74) is 4.67. The van der Waals surface area contributed by atoms with Crippen molar-refractivity contribution in [2.45, 2.75) is 13.3 Å². The highest BCUT2D eigenvalue weighted by Crippen LogP contribution is 2.12. The number of nitriles is 1. The van der Waals surface area contributed by atoms with Crippen LogP contribution in [0.3, 0.4) is 0 Å². The van der Waals surface area contributed by atoms with Crippen LogP contribution in [0.15, 0.2) is 42.6 Å². The molecule has 0 N–H and O–H groups in total. The third-order valence-electron chi connectivity index (χ3n) is 3.03. The van der Waals surface area contributed by atoms with Crippen LogP contribution in [0, 0.1) is 18.3 Å². The molecular weight excluding hydrogens is 236 g/mol. The van der Waals surface area contributed by atoms with Crippen LogP contribution in [0.25, 0.3) is 5.65 Å². The number of benzene rings is 1. The van der Waals surface area contributed by atoms with Gasteiger partial charge in [0.2, 0.25) is 0 Å². The standard InChI is InChI=1S/C15H12N4/c1-11-7-14(18-15-5-6-17-19(11)15)9-12-3-2-4-13(8-12)10-16/h2-8H,9H2,1H3. The zero-order valence-corrected chi connectivity index (χ0v) is 10.5. The van der Waals surface area contributed by atoms with Gasteiger partial charge in [-0.05, 0) is 30.7 Å². The van der Waals surface area contributed by atoms with Gasteiger partial charge in [-0.25, -0.2) is 9.50 Å². The molecule has 0 saturated heterocycles. The van der Waals surface area contributed by atoms with Crippen molar-refractivity contribution in [2.75, 3.05) is 0 Å². The lowest BCUT2D eigenvalue weighted by molar-refractivity contribution is 0.877. The van der Waals surface area contributed by atoms with Crippen molar-refractivity contribution in [2.24, 2.45) is 0 Å². The van der Waals surface area contributed by atoms with Gasteiger partial charge in [0.1, 0.15) is 0 Å². The zero-order chi connectivity index (χ0) is 13.2. The lowest BCUT2D eigenvalue weighted by atomic mass is 10.1. The first kappa shape index (κ1) is 11.4. The van der Waals surface area contributed by atoms with Crippen molar-refractivity contribution in [3.8, 4) is 6.07 Å². The van der Waals surface area contributed by atoms with E-state index in [1.807, 2.05) is 47.8 Å². The number of fused-ring (bicyclic) bond motifs is 1. The van der Waals surface area contributed by atoms with Crippen LogP contribution in [0.2, 0.25) is 0 Å². The Morgan fingerprint density at radius 1 is 1.26 bits per heavy atom. The van der Waals surface area contributed by atoms with Crippen LogP contribution in [-0.4, -0.2) is 14.6 Å². The normalized spacial score (nSPS) is 10.5. The summed E-state index contributed by atoms with van der Waals surface area (Å²) in [6.07, 6.45) is 2.47. The van der Waals surface area contributed by atoms with Gasteiger partial charge in [0.25, 0.3) is 0 Å². The van der Waals surface area contributed by atoms with E-state index in [0.717, 1.165) is 29.0 Å². The molecule has 3 rings (SSSR count). The summed E-state index contributed by atoms with van der Waals surface area (Å²) in [5, 5.41) is 13.1. The van der Waals surface area contributed by atoms with Gasteiger partial charge < -0.3 is 0 Å². The lowest BCUT2D eigenvalue weighted by Crippen LogP contribution is -2.00. The molecule has 0 atom stereocenters. The van der Waals surface area contributed by atoms with Gasteiger partial charge in [-0.15, -0.1) is 0 Å². The van der Waals surface area contributed by atoms with Crippen LogP contribution in [0.1, 0.15) is 22.5 Å². The van der Waals surface area contributed by atoms with Crippen molar-refractivity contribution < 1.29 is 0 Å². The molecule has 92 valence electrons. The van der Waals surface area contributed by atoms with Gasteiger partial charge in [-0.3, -0.25) is 0 Å².